The van der Waals surface area contributed by atoms with Gasteiger partial charge < -0.3 is 25.2 Å². The maximum atomic E-state index is 11.5. The van der Waals surface area contributed by atoms with Crippen molar-refractivity contribution in [3.63, 3.8) is 0 Å². The van der Waals surface area contributed by atoms with E-state index in [9.17, 15) is 4.79 Å². The number of carbonyl (C=O) groups excluding carboxylic acids is 1. The van der Waals surface area contributed by atoms with E-state index in [2.05, 4.69) is 31.1 Å². The normalized spacial score (nSPS) is 12.0. The fourth-order valence-corrected chi connectivity index (χ4v) is 1.69. The van der Waals surface area contributed by atoms with E-state index < -0.39 is 11.7 Å². The van der Waals surface area contributed by atoms with E-state index in [1.165, 1.54) is 0 Å². The summed E-state index contributed by atoms with van der Waals surface area (Å²) in [6.07, 6.45) is 0.332. The Hall–Kier alpha value is -2.32. The molecule has 0 aliphatic carbocycles. The van der Waals surface area contributed by atoms with Gasteiger partial charge in [0, 0.05) is 19.6 Å². The van der Waals surface area contributed by atoms with Gasteiger partial charge in [-0.3, -0.25) is 0 Å². The lowest BCUT2D eigenvalue weighted by Gasteiger charge is -2.19. The zero-order valence-electron chi connectivity index (χ0n) is 15.1. The third kappa shape index (κ3) is 8.96. The molecule has 0 aliphatic heterocycles. The highest BCUT2D eigenvalue weighted by Crippen LogP contribution is 2.06. The van der Waals surface area contributed by atoms with Crippen molar-refractivity contribution in [1.82, 2.24) is 26.1 Å². The van der Waals surface area contributed by atoms with E-state index >= 15 is 0 Å². The first kappa shape index (κ1) is 19.7. The first-order chi connectivity index (χ1) is 11.3. The number of alkyl carbamates (subject to hydrolysis) is 1. The molecule has 24 heavy (non-hydrogen) atoms. The smallest absolute Gasteiger partial charge is 0.407 e. The summed E-state index contributed by atoms with van der Waals surface area (Å²) in [7, 11) is 0. The van der Waals surface area contributed by atoms with Crippen LogP contribution in [0.5, 0.6) is 0 Å². The minimum atomic E-state index is -0.486. The van der Waals surface area contributed by atoms with Gasteiger partial charge in [-0.1, -0.05) is 5.16 Å². The first-order valence-electron chi connectivity index (χ1n) is 8.08. The average Bonchev–Trinajstić information content (AvgIpc) is 2.88. The quantitative estimate of drug-likeness (QED) is 0.390. The third-order valence-corrected chi connectivity index (χ3v) is 2.60. The van der Waals surface area contributed by atoms with Crippen LogP contribution in [0.25, 0.3) is 0 Å². The predicted molar refractivity (Wildman–Crippen MR) is 90.7 cm³/mol. The zero-order chi connectivity index (χ0) is 18.0. The van der Waals surface area contributed by atoms with Crippen molar-refractivity contribution in [2.75, 3.05) is 19.6 Å². The van der Waals surface area contributed by atoms with E-state index in [1.54, 1.807) is 6.92 Å². The van der Waals surface area contributed by atoms with E-state index in [-0.39, 0.29) is 0 Å². The van der Waals surface area contributed by atoms with Crippen LogP contribution in [0.2, 0.25) is 0 Å². The number of nitrogens with one attached hydrogen (secondary N) is 3. The Kier molecular flexibility index (Phi) is 8.00. The number of aliphatic imine (C=N–C) groups is 1. The fraction of sp³-hybridized carbons (Fsp3) is 0.733. The molecule has 0 atom stereocenters. The fourth-order valence-electron chi connectivity index (χ4n) is 1.69. The number of hydrogen-bond donors (Lipinski definition) is 3. The molecule has 0 aromatic carbocycles. The van der Waals surface area contributed by atoms with Gasteiger partial charge in [-0.2, -0.15) is 4.98 Å². The van der Waals surface area contributed by atoms with Gasteiger partial charge in [0.05, 0.1) is 0 Å². The van der Waals surface area contributed by atoms with Crippen LogP contribution in [0.4, 0.5) is 4.79 Å². The summed E-state index contributed by atoms with van der Waals surface area (Å²) in [5, 5.41) is 12.7. The Bertz CT molecular complexity index is 536. The van der Waals surface area contributed by atoms with Crippen LogP contribution in [-0.2, 0) is 11.3 Å². The molecule has 3 N–H and O–H groups in total. The number of carbonyl (C=O) groups is 1. The number of nitrogens with zero attached hydrogens (tertiary/aromatic N) is 3. The standard InChI is InChI=1S/C15H28N6O3/c1-6-16-13(19-10-12-20-11(2)21-24-12)17-8-7-9-18-14(22)23-15(3,4)5/h6-10H2,1-5H3,(H,18,22)(H2,16,17,19). The molecule has 0 saturated heterocycles. The number of aromatic nitrogens is 2. The molecule has 9 heteroatoms. The van der Waals surface area contributed by atoms with Crippen molar-refractivity contribution in [3.05, 3.63) is 11.7 Å². The molecular weight excluding hydrogens is 312 g/mol. The second kappa shape index (κ2) is 9.74. The predicted octanol–water partition coefficient (Wildman–Crippen LogP) is 1.35. The molecule has 0 bridgehead atoms. The molecule has 0 fully saturated rings. The van der Waals surface area contributed by atoms with E-state index in [0.717, 1.165) is 13.0 Å². The van der Waals surface area contributed by atoms with Crippen LogP contribution < -0.4 is 16.0 Å². The largest absolute Gasteiger partial charge is 0.444 e. The number of hydrogen-bond acceptors (Lipinski definition) is 6. The summed E-state index contributed by atoms with van der Waals surface area (Å²) >= 11 is 0. The van der Waals surface area contributed by atoms with Crippen LogP contribution in [0.3, 0.4) is 0 Å². The Morgan fingerprint density at radius 2 is 1.96 bits per heavy atom. The van der Waals surface area contributed by atoms with Gasteiger partial charge in [-0.25, -0.2) is 9.79 Å². The van der Waals surface area contributed by atoms with E-state index in [0.29, 0.717) is 37.3 Å². The Morgan fingerprint density at radius 3 is 2.54 bits per heavy atom. The van der Waals surface area contributed by atoms with Crippen molar-refractivity contribution in [1.29, 1.82) is 0 Å². The van der Waals surface area contributed by atoms with Crippen LogP contribution in [0.1, 0.15) is 45.8 Å². The summed E-state index contributed by atoms with van der Waals surface area (Å²) < 4.78 is 10.2. The van der Waals surface area contributed by atoms with Gasteiger partial charge in [0.2, 0.25) is 5.89 Å². The maximum absolute atomic E-state index is 11.5. The summed E-state index contributed by atoms with van der Waals surface area (Å²) in [6.45, 7) is 11.5. The van der Waals surface area contributed by atoms with Crippen LogP contribution in [0, 0.1) is 6.92 Å². The minimum absolute atomic E-state index is 0.312. The Balaban J connectivity index is 2.27. The van der Waals surface area contributed by atoms with E-state index in [1.807, 2.05) is 27.7 Å². The number of ether oxygens (including phenoxy) is 1. The SMILES string of the molecule is CCNC(=NCc1nc(C)no1)NCCCNC(=O)OC(C)(C)C. The molecule has 1 aromatic heterocycles. The number of aryl methyl sites for hydroxylation is 1. The summed E-state index contributed by atoms with van der Waals surface area (Å²) in [5.41, 5.74) is -0.486. The van der Waals surface area contributed by atoms with Gasteiger partial charge in [0.25, 0.3) is 0 Å². The van der Waals surface area contributed by atoms with Gasteiger partial charge >= 0.3 is 6.09 Å². The highest BCUT2D eigenvalue weighted by Gasteiger charge is 2.15. The van der Waals surface area contributed by atoms with Crippen molar-refractivity contribution in [2.45, 2.75) is 53.2 Å². The van der Waals surface area contributed by atoms with Crippen LogP contribution in [0.15, 0.2) is 9.52 Å². The Labute approximate surface area is 142 Å². The molecular formula is C15H28N6O3. The molecule has 1 heterocycles. The van der Waals surface area contributed by atoms with Gasteiger partial charge in [-0.05, 0) is 41.0 Å². The van der Waals surface area contributed by atoms with E-state index in [4.69, 9.17) is 9.26 Å². The average molecular weight is 340 g/mol. The summed E-state index contributed by atoms with van der Waals surface area (Å²) in [4.78, 5) is 20.0. The molecule has 0 saturated carbocycles. The molecule has 136 valence electrons. The van der Waals surface area contributed by atoms with Crippen LogP contribution in [-0.4, -0.2) is 47.4 Å². The van der Waals surface area contributed by atoms with Crippen molar-refractivity contribution in [2.24, 2.45) is 4.99 Å². The van der Waals surface area contributed by atoms with Crippen molar-refractivity contribution in [3.8, 4) is 0 Å². The lowest BCUT2D eigenvalue weighted by molar-refractivity contribution is 0.0527. The number of guanidine groups is 1. The summed E-state index contributed by atoms with van der Waals surface area (Å²) in [6, 6.07) is 0. The topological polar surface area (TPSA) is 114 Å². The second-order valence-electron chi connectivity index (χ2n) is 6.14. The lowest BCUT2D eigenvalue weighted by Crippen LogP contribution is -2.39. The first-order valence-corrected chi connectivity index (χ1v) is 8.08. The van der Waals surface area contributed by atoms with Gasteiger partial charge in [-0.15, -0.1) is 0 Å². The maximum Gasteiger partial charge on any atom is 0.407 e. The summed E-state index contributed by atoms with van der Waals surface area (Å²) in [5.74, 6) is 1.72. The van der Waals surface area contributed by atoms with Crippen molar-refractivity contribution < 1.29 is 14.1 Å². The van der Waals surface area contributed by atoms with Gasteiger partial charge in [0.1, 0.15) is 12.1 Å². The molecule has 1 rings (SSSR count). The molecule has 0 unspecified atom stereocenters. The molecule has 0 radical (unpaired) electrons. The van der Waals surface area contributed by atoms with Crippen molar-refractivity contribution >= 4 is 12.1 Å². The molecule has 0 aliphatic rings. The molecule has 0 spiro atoms. The highest BCUT2D eigenvalue weighted by molar-refractivity contribution is 5.79. The number of amides is 1. The number of rotatable bonds is 7. The highest BCUT2D eigenvalue weighted by atomic mass is 16.6. The molecule has 9 nitrogen and oxygen atoms in total. The molecule has 1 aromatic rings. The molecule has 1 amide bonds. The second-order valence-corrected chi connectivity index (χ2v) is 6.14. The minimum Gasteiger partial charge on any atom is -0.444 e. The third-order valence-electron chi connectivity index (χ3n) is 2.60. The lowest BCUT2D eigenvalue weighted by atomic mass is 10.2. The zero-order valence-corrected chi connectivity index (χ0v) is 15.1. The Morgan fingerprint density at radius 1 is 1.25 bits per heavy atom. The van der Waals surface area contributed by atoms with Crippen LogP contribution >= 0.6 is 0 Å². The monoisotopic (exact) mass is 340 g/mol. The van der Waals surface area contributed by atoms with Gasteiger partial charge in [0.15, 0.2) is 11.8 Å².